The van der Waals surface area contributed by atoms with E-state index >= 15 is 0 Å². The summed E-state index contributed by atoms with van der Waals surface area (Å²) >= 11 is 0. The molecule has 16 heavy (non-hydrogen) atoms. The van der Waals surface area contributed by atoms with E-state index in [4.69, 9.17) is 4.84 Å². The molecule has 0 N–H and O–H groups in total. The van der Waals surface area contributed by atoms with Gasteiger partial charge in [0.1, 0.15) is 5.65 Å². The predicted molar refractivity (Wildman–Crippen MR) is 56.8 cm³/mol. The molecule has 3 rings (SSSR count). The smallest absolute Gasteiger partial charge is 0.277 e. The summed E-state index contributed by atoms with van der Waals surface area (Å²) in [5.74, 6) is -0.0944. The normalized spacial score (nSPS) is 15.9. The fourth-order valence-corrected chi connectivity index (χ4v) is 1.79. The molecule has 82 valence electrons. The highest BCUT2D eigenvalue weighted by molar-refractivity contribution is 5.94. The van der Waals surface area contributed by atoms with Crippen LogP contribution in [0.15, 0.2) is 30.7 Å². The van der Waals surface area contributed by atoms with Crippen molar-refractivity contribution in [2.45, 2.75) is 6.42 Å². The van der Waals surface area contributed by atoms with Gasteiger partial charge in [-0.05, 0) is 18.6 Å². The number of amides is 1. The number of rotatable bonds is 1. The zero-order valence-electron chi connectivity index (χ0n) is 8.67. The number of hydroxylamine groups is 2. The van der Waals surface area contributed by atoms with Crippen LogP contribution in [-0.2, 0) is 4.84 Å². The third-order valence-electron chi connectivity index (χ3n) is 2.62. The Bertz CT molecular complexity index is 529. The summed E-state index contributed by atoms with van der Waals surface area (Å²) in [6, 6.07) is 3.54. The Morgan fingerprint density at radius 1 is 1.44 bits per heavy atom. The van der Waals surface area contributed by atoms with Crippen molar-refractivity contribution in [3.8, 4) is 0 Å². The van der Waals surface area contributed by atoms with Crippen molar-refractivity contribution in [1.82, 2.24) is 14.4 Å². The summed E-state index contributed by atoms with van der Waals surface area (Å²) in [4.78, 5) is 21.3. The van der Waals surface area contributed by atoms with Gasteiger partial charge in [-0.25, -0.2) is 10.0 Å². The van der Waals surface area contributed by atoms with E-state index in [9.17, 15) is 4.79 Å². The van der Waals surface area contributed by atoms with Crippen LogP contribution in [0.3, 0.4) is 0 Å². The van der Waals surface area contributed by atoms with Crippen LogP contribution in [-0.4, -0.2) is 33.5 Å². The van der Waals surface area contributed by atoms with Crippen LogP contribution in [0.2, 0.25) is 0 Å². The molecule has 0 aromatic carbocycles. The number of aromatic nitrogens is 2. The van der Waals surface area contributed by atoms with Gasteiger partial charge in [0, 0.05) is 24.2 Å². The summed E-state index contributed by atoms with van der Waals surface area (Å²) < 4.78 is 1.86. The van der Waals surface area contributed by atoms with Crippen molar-refractivity contribution in [3.05, 3.63) is 36.3 Å². The second kappa shape index (κ2) is 3.61. The highest BCUT2D eigenvalue weighted by Crippen LogP contribution is 2.12. The predicted octanol–water partition coefficient (Wildman–Crippen LogP) is 1.11. The number of nitrogens with zero attached hydrogens (tertiary/aromatic N) is 3. The second-order valence-corrected chi connectivity index (χ2v) is 3.70. The second-order valence-electron chi connectivity index (χ2n) is 3.70. The first-order valence-electron chi connectivity index (χ1n) is 5.22. The van der Waals surface area contributed by atoms with Gasteiger partial charge in [0.15, 0.2) is 0 Å². The lowest BCUT2D eigenvalue weighted by Gasteiger charge is -2.13. The molecule has 1 fully saturated rings. The van der Waals surface area contributed by atoms with E-state index in [0.29, 0.717) is 18.7 Å². The van der Waals surface area contributed by atoms with E-state index in [1.807, 2.05) is 16.8 Å². The molecule has 5 heteroatoms. The highest BCUT2D eigenvalue weighted by Gasteiger charge is 2.20. The van der Waals surface area contributed by atoms with Crippen LogP contribution in [0, 0.1) is 0 Å². The van der Waals surface area contributed by atoms with Gasteiger partial charge >= 0.3 is 0 Å². The molecule has 2 aromatic rings. The molecule has 0 spiro atoms. The van der Waals surface area contributed by atoms with Gasteiger partial charge in [-0.1, -0.05) is 0 Å². The molecule has 2 aromatic heterocycles. The van der Waals surface area contributed by atoms with Crippen LogP contribution in [0.1, 0.15) is 16.8 Å². The number of carbonyl (C=O) groups excluding carboxylic acids is 1. The first kappa shape index (κ1) is 9.35. The summed E-state index contributed by atoms with van der Waals surface area (Å²) in [7, 11) is 0. The minimum Gasteiger partial charge on any atom is -0.307 e. The summed E-state index contributed by atoms with van der Waals surface area (Å²) in [5, 5.41) is 1.41. The Hall–Kier alpha value is -1.88. The quantitative estimate of drug-likeness (QED) is 0.719. The molecule has 0 unspecified atom stereocenters. The van der Waals surface area contributed by atoms with E-state index in [0.717, 1.165) is 12.1 Å². The van der Waals surface area contributed by atoms with Crippen molar-refractivity contribution < 1.29 is 9.63 Å². The largest absolute Gasteiger partial charge is 0.307 e. The first-order chi connectivity index (χ1) is 7.84. The van der Waals surface area contributed by atoms with Crippen LogP contribution in [0.4, 0.5) is 0 Å². The summed E-state index contributed by atoms with van der Waals surface area (Å²) in [5.41, 5.74) is 1.38. The zero-order valence-corrected chi connectivity index (χ0v) is 8.67. The summed E-state index contributed by atoms with van der Waals surface area (Å²) in [6.07, 6.45) is 6.27. The molecule has 0 radical (unpaired) electrons. The van der Waals surface area contributed by atoms with E-state index in [2.05, 4.69) is 4.98 Å². The maximum Gasteiger partial charge on any atom is 0.277 e. The molecule has 5 nitrogen and oxygen atoms in total. The van der Waals surface area contributed by atoms with Gasteiger partial charge in [0.25, 0.3) is 5.91 Å². The average Bonchev–Trinajstić information content (AvgIpc) is 2.98. The maximum atomic E-state index is 12.0. The van der Waals surface area contributed by atoms with Crippen molar-refractivity contribution in [2.75, 3.05) is 13.2 Å². The number of pyridine rings is 1. The molecule has 0 atom stereocenters. The van der Waals surface area contributed by atoms with E-state index in [1.54, 1.807) is 18.3 Å². The molecule has 0 saturated carbocycles. The summed E-state index contributed by atoms with van der Waals surface area (Å²) in [6.45, 7) is 1.29. The minimum absolute atomic E-state index is 0.0944. The Morgan fingerprint density at radius 2 is 2.38 bits per heavy atom. The topological polar surface area (TPSA) is 46.8 Å². The lowest BCUT2D eigenvalue weighted by Crippen LogP contribution is -2.26. The van der Waals surface area contributed by atoms with Crippen molar-refractivity contribution >= 4 is 11.6 Å². The molecule has 1 amide bonds. The van der Waals surface area contributed by atoms with E-state index in [-0.39, 0.29) is 5.91 Å². The Balaban J connectivity index is 1.95. The highest BCUT2D eigenvalue weighted by atomic mass is 16.7. The zero-order chi connectivity index (χ0) is 11.0. The molecule has 3 heterocycles. The first-order valence-corrected chi connectivity index (χ1v) is 5.22. The van der Waals surface area contributed by atoms with E-state index < -0.39 is 0 Å². The molecule has 0 bridgehead atoms. The maximum absolute atomic E-state index is 12.0. The lowest BCUT2D eigenvalue weighted by atomic mass is 10.2. The van der Waals surface area contributed by atoms with Crippen molar-refractivity contribution in [2.24, 2.45) is 0 Å². The van der Waals surface area contributed by atoms with Crippen molar-refractivity contribution in [3.63, 3.8) is 0 Å². The SMILES string of the molecule is O=C(c1ccn2ccnc2c1)N1CCCO1. The Labute approximate surface area is 92.2 Å². The average molecular weight is 217 g/mol. The van der Waals surface area contributed by atoms with Crippen LogP contribution >= 0.6 is 0 Å². The van der Waals surface area contributed by atoms with Gasteiger partial charge in [-0.3, -0.25) is 9.63 Å². The molecular formula is C11H11N3O2. The van der Waals surface area contributed by atoms with Crippen molar-refractivity contribution in [1.29, 1.82) is 0 Å². The van der Waals surface area contributed by atoms with Gasteiger partial charge < -0.3 is 4.40 Å². The fraction of sp³-hybridized carbons (Fsp3) is 0.273. The number of hydrogen-bond acceptors (Lipinski definition) is 3. The van der Waals surface area contributed by atoms with Gasteiger partial charge in [0.2, 0.25) is 0 Å². The monoisotopic (exact) mass is 217 g/mol. The number of imidazole rings is 1. The number of fused-ring (bicyclic) bond motifs is 1. The lowest BCUT2D eigenvalue weighted by molar-refractivity contribution is -0.0768. The van der Waals surface area contributed by atoms with Crippen LogP contribution in [0.5, 0.6) is 0 Å². The molecule has 1 aliphatic heterocycles. The number of hydrogen-bond donors (Lipinski definition) is 0. The van der Waals surface area contributed by atoms with Crippen LogP contribution < -0.4 is 0 Å². The van der Waals surface area contributed by atoms with Crippen LogP contribution in [0.25, 0.3) is 5.65 Å². The molecule has 1 aliphatic rings. The molecular weight excluding hydrogens is 206 g/mol. The standard InChI is InChI=1S/C11H11N3O2/c15-11(14-4-1-7-16-14)9-2-5-13-6-3-12-10(13)8-9/h2-3,5-6,8H,1,4,7H2. The fourth-order valence-electron chi connectivity index (χ4n) is 1.79. The third-order valence-corrected chi connectivity index (χ3v) is 2.62. The molecule has 0 aliphatic carbocycles. The van der Waals surface area contributed by atoms with E-state index in [1.165, 1.54) is 5.06 Å². The molecule has 1 saturated heterocycles. The number of carbonyl (C=O) groups is 1. The Kier molecular flexibility index (Phi) is 2.11. The van der Waals surface area contributed by atoms with Gasteiger partial charge in [-0.2, -0.15) is 0 Å². The van der Waals surface area contributed by atoms with Gasteiger partial charge in [0.05, 0.1) is 13.2 Å². The Morgan fingerprint density at radius 3 is 3.19 bits per heavy atom. The van der Waals surface area contributed by atoms with Gasteiger partial charge in [-0.15, -0.1) is 0 Å². The minimum atomic E-state index is -0.0944. The third kappa shape index (κ3) is 1.45.